The molecule has 3 N–H and O–H groups in total. The summed E-state index contributed by atoms with van der Waals surface area (Å²) in [6, 6.07) is 8.70. The van der Waals surface area contributed by atoms with E-state index >= 15 is 0 Å². The second-order valence-corrected chi connectivity index (χ2v) is 10.3. The second-order valence-electron chi connectivity index (χ2n) is 9.06. The van der Waals surface area contributed by atoms with Crippen molar-refractivity contribution in [3.8, 4) is 0 Å². The summed E-state index contributed by atoms with van der Waals surface area (Å²) in [5.41, 5.74) is 1.47. The molecule has 8 heteroatoms. The highest BCUT2D eigenvalue weighted by Crippen LogP contribution is 2.19. The van der Waals surface area contributed by atoms with Gasteiger partial charge in [-0.1, -0.05) is 12.1 Å². The molecule has 0 aromatic heterocycles. The molecule has 0 bridgehead atoms. The number of benzene rings is 1. The molecule has 30 heavy (non-hydrogen) atoms. The maximum absolute atomic E-state index is 12.0. The SMILES string of the molecule is CN=C(NCc1ccc(N2CCSCC2)cc1)NCC(C)(C)NC(=O)OC(C)(C)C. The number of anilines is 1. The molecule has 1 aliphatic heterocycles. The van der Waals surface area contributed by atoms with E-state index in [1.54, 1.807) is 7.05 Å². The molecule has 1 saturated heterocycles. The smallest absolute Gasteiger partial charge is 0.408 e. The molecule has 1 fully saturated rings. The molecule has 0 spiro atoms. The molecule has 0 aliphatic carbocycles. The van der Waals surface area contributed by atoms with E-state index in [0.717, 1.165) is 13.1 Å². The zero-order valence-electron chi connectivity index (χ0n) is 19.2. The Morgan fingerprint density at radius 3 is 2.30 bits per heavy atom. The van der Waals surface area contributed by atoms with Crippen LogP contribution in [0.5, 0.6) is 0 Å². The fourth-order valence-electron chi connectivity index (χ4n) is 2.98. The van der Waals surface area contributed by atoms with Crippen molar-refractivity contribution in [1.82, 2.24) is 16.0 Å². The quantitative estimate of drug-likeness (QED) is 0.470. The van der Waals surface area contributed by atoms with Gasteiger partial charge in [-0.25, -0.2) is 4.79 Å². The van der Waals surface area contributed by atoms with Gasteiger partial charge in [-0.05, 0) is 52.3 Å². The van der Waals surface area contributed by atoms with Crippen molar-refractivity contribution < 1.29 is 9.53 Å². The lowest BCUT2D eigenvalue weighted by Crippen LogP contribution is -2.54. The molecular formula is C22H37N5O2S. The number of hydrogen-bond acceptors (Lipinski definition) is 5. The van der Waals surface area contributed by atoms with Crippen LogP contribution in [0.2, 0.25) is 0 Å². The predicted octanol–water partition coefficient (Wildman–Crippen LogP) is 3.21. The minimum absolute atomic E-state index is 0.426. The van der Waals surface area contributed by atoms with Gasteiger partial charge in [0.25, 0.3) is 0 Å². The van der Waals surface area contributed by atoms with Crippen molar-refractivity contribution >= 4 is 29.5 Å². The van der Waals surface area contributed by atoms with Crippen molar-refractivity contribution in [2.24, 2.45) is 4.99 Å². The van der Waals surface area contributed by atoms with Crippen LogP contribution in [0.4, 0.5) is 10.5 Å². The van der Waals surface area contributed by atoms with E-state index in [4.69, 9.17) is 4.74 Å². The Morgan fingerprint density at radius 2 is 1.73 bits per heavy atom. The molecule has 1 heterocycles. The molecule has 0 saturated carbocycles. The topological polar surface area (TPSA) is 78.0 Å². The van der Waals surface area contributed by atoms with Gasteiger partial charge in [-0.3, -0.25) is 4.99 Å². The molecule has 2 rings (SSSR count). The van der Waals surface area contributed by atoms with Crippen LogP contribution in [0.3, 0.4) is 0 Å². The lowest BCUT2D eigenvalue weighted by Gasteiger charge is -2.29. The van der Waals surface area contributed by atoms with Crippen LogP contribution in [0.25, 0.3) is 0 Å². The Bertz CT molecular complexity index is 707. The predicted molar refractivity (Wildman–Crippen MR) is 128 cm³/mol. The molecule has 1 aromatic carbocycles. The average molecular weight is 436 g/mol. The number of nitrogens with one attached hydrogen (secondary N) is 3. The fraction of sp³-hybridized carbons (Fsp3) is 0.636. The number of alkyl carbamates (subject to hydrolysis) is 1. The van der Waals surface area contributed by atoms with Crippen molar-refractivity contribution in [3.05, 3.63) is 29.8 Å². The van der Waals surface area contributed by atoms with E-state index in [-0.39, 0.29) is 0 Å². The Balaban J connectivity index is 1.79. The first-order valence-electron chi connectivity index (χ1n) is 10.5. The molecular weight excluding hydrogens is 398 g/mol. The van der Waals surface area contributed by atoms with Gasteiger partial charge in [0.1, 0.15) is 5.60 Å². The molecule has 1 aliphatic rings. The van der Waals surface area contributed by atoms with Crippen molar-refractivity contribution in [2.75, 3.05) is 43.1 Å². The van der Waals surface area contributed by atoms with Crippen LogP contribution in [0, 0.1) is 0 Å². The summed E-state index contributed by atoms with van der Waals surface area (Å²) in [6.07, 6.45) is -0.426. The normalized spacial score (nSPS) is 15.5. The standard InChI is InChI=1S/C22H37N5O2S/c1-21(2,3)29-20(28)26-22(4,5)16-25-19(23-6)24-15-17-7-9-18(10-8-17)27-11-13-30-14-12-27/h7-10H,11-16H2,1-6H3,(H,26,28)(H2,23,24,25). The van der Waals surface area contributed by atoms with E-state index in [2.05, 4.69) is 50.1 Å². The molecule has 0 atom stereocenters. The van der Waals surface area contributed by atoms with E-state index in [1.807, 2.05) is 46.4 Å². The number of aliphatic imine (C=N–C) groups is 1. The number of thioether (sulfide) groups is 1. The Kier molecular flexibility index (Phi) is 8.70. The largest absolute Gasteiger partial charge is 0.444 e. The summed E-state index contributed by atoms with van der Waals surface area (Å²) in [5, 5.41) is 9.49. The monoisotopic (exact) mass is 435 g/mol. The average Bonchev–Trinajstić information content (AvgIpc) is 2.67. The van der Waals surface area contributed by atoms with Crippen LogP contribution in [0.15, 0.2) is 29.3 Å². The number of hydrogen-bond donors (Lipinski definition) is 3. The Morgan fingerprint density at radius 1 is 1.10 bits per heavy atom. The third-order valence-electron chi connectivity index (χ3n) is 4.53. The Hall–Kier alpha value is -2.09. The van der Waals surface area contributed by atoms with Crippen molar-refractivity contribution in [3.63, 3.8) is 0 Å². The maximum atomic E-state index is 12.0. The number of carbonyl (C=O) groups is 1. The van der Waals surface area contributed by atoms with Gasteiger partial charge in [0.15, 0.2) is 5.96 Å². The molecule has 0 unspecified atom stereocenters. The minimum atomic E-state index is -0.520. The highest BCUT2D eigenvalue weighted by atomic mass is 32.2. The van der Waals surface area contributed by atoms with Crippen LogP contribution >= 0.6 is 11.8 Å². The summed E-state index contributed by atoms with van der Waals surface area (Å²) in [6.45, 7) is 12.8. The first kappa shape index (κ1) is 24.2. The first-order chi connectivity index (χ1) is 14.1. The Labute approximate surface area is 185 Å². The molecule has 1 aromatic rings. The first-order valence-corrected chi connectivity index (χ1v) is 11.6. The highest BCUT2D eigenvalue weighted by molar-refractivity contribution is 7.99. The van der Waals surface area contributed by atoms with Gasteiger partial charge in [0, 0.05) is 50.4 Å². The zero-order valence-corrected chi connectivity index (χ0v) is 20.0. The van der Waals surface area contributed by atoms with Gasteiger partial charge in [-0.2, -0.15) is 11.8 Å². The van der Waals surface area contributed by atoms with Gasteiger partial charge in [-0.15, -0.1) is 0 Å². The maximum Gasteiger partial charge on any atom is 0.408 e. The second kappa shape index (κ2) is 10.8. The molecule has 7 nitrogen and oxygen atoms in total. The third kappa shape index (κ3) is 8.73. The van der Waals surface area contributed by atoms with Crippen LogP contribution in [-0.4, -0.2) is 61.4 Å². The van der Waals surface area contributed by atoms with Gasteiger partial charge >= 0.3 is 6.09 Å². The highest BCUT2D eigenvalue weighted by Gasteiger charge is 2.24. The summed E-state index contributed by atoms with van der Waals surface area (Å²) in [7, 11) is 1.74. The van der Waals surface area contributed by atoms with Crippen LogP contribution < -0.4 is 20.9 Å². The lowest BCUT2D eigenvalue weighted by molar-refractivity contribution is 0.0474. The van der Waals surface area contributed by atoms with Gasteiger partial charge < -0.3 is 25.6 Å². The number of rotatable bonds is 6. The fourth-order valence-corrected chi connectivity index (χ4v) is 3.88. The summed E-state index contributed by atoms with van der Waals surface area (Å²) >= 11 is 2.02. The minimum Gasteiger partial charge on any atom is -0.444 e. The number of guanidine groups is 1. The van der Waals surface area contributed by atoms with Crippen LogP contribution in [0.1, 0.15) is 40.2 Å². The van der Waals surface area contributed by atoms with Crippen LogP contribution in [-0.2, 0) is 11.3 Å². The number of carbonyl (C=O) groups excluding carboxylic acids is 1. The summed E-state index contributed by atoms with van der Waals surface area (Å²) < 4.78 is 5.34. The van der Waals surface area contributed by atoms with Crippen molar-refractivity contribution in [1.29, 1.82) is 0 Å². The van der Waals surface area contributed by atoms with Crippen molar-refractivity contribution in [2.45, 2.75) is 52.3 Å². The summed E-state index contributed by atoms with van der Waals surface area (Å²) in [5.74, 6) is 3.08. The lowest BCUT2D eigenvalue weighted by atomic mass is 10.1. The number of nitrogens with zero attached hydrogens (tertiary/aromatic N) is 2. The number of amides is 1. The number of ether oxygens (including phenoxy) is 1. The third-order valence-corrected chi connectivity index (χ3v) is 5.48. The molecule has 1 amide bonds. The molecule has 168 valence electrons. The van der Waals surface area contributed by atoms with Gasteiger partial charge in [0.2, 0.25) is 0 Å². The van der Waals surface area contributed by atoms with E-state index in [1.165, 1.54) is 22.8 Å². The zero-order chi connectivity index (χ0) is 22.2. The van der Waals surface area contributed by atoms with Gasteiger partial charge in [0.05, 0.1) is 5.54 Å². The van der Waals surface area contributed by atoms with E-state index < -0.39 is 17.2 Å². The van der Waals surface area contributed by atoms with E-state index in [9.17, 15) is 4.79 Å². The molecule has 0 radical (unpaired) electrons. The summed E-state index contributed by atoms with van der Waals surface area (Å²) in [4.78, 5) is 18.7. The van der Waals surface area contributed by atoms with E-state index in [0.29, 0.717) is 19.0 Å².